The van der Waals surface area contributed by atoms with Crippen molar-refractivity contribution < 1.29 is 14.3 Å². The molecule has 0 atom stereocenters. The molecule has 0 saturated heterocycles. The molecule has 20 heavy (non-hydrogen) atoms. The van der Waals surface area contributed by atoms with Gasteiger partial charge in [-0.15, -0.1) is 0 Å². The highest BCUT2D eigenvalue weighted by Gasteiger charge is 2.15. The van der Waals surface area contributed by atoms with E-state index < -0.39 is 0 Å². The maximum Gasteiger partial charge on any atom is 0.264 e. The minimum atomic E-state index is -0.367. The summed E-state index contributed by atoms with van der Waals surface area (Å²) in [6.45, 7) is 0. The number of ether oxygens (including phenoxy) is 2. The van der Waals surface area contributed by atoms with E-state index in [2.05, 4.69) is 15.9 Å². The van der Waals surface area contributed by atoms with Crippen molar-refractivity contribution in [3.05, 3.63) is 27.7 Å². The Kier molecular flexibility index (Phi) is 5.59. The number of carbonyl (C=O) groups is 1. The molecule has 0 saturated carbocycles. The van der Waals surface area contributed by atoms with Gasteiger partial charge in [0.05, 0.1) is 14.2 Å². The molecule has 0 aliphatic heterocycles. The zero-order valence-corrected chi connectivity index (χ0v) is 13.3. The standard InChI is InChI=1S/C14H15BrN2O3/c1-17(2)14(18)10(8-16)5-9-6-11(15)7-12(19-3)13(9)20-4/h5-7H,1-4H3/b10-5-. The Balaban J connectivity index is 3.42. The summed E-state index contributed by atoms with van der Waals surface area (Å²) in [7, 11) is 6.20. The molecule has 0 aliphatic carbocycles. The second-order valence-electron chi connectivity index (χ2n) is 4.10. The summed E-state index contributed by atoms with van der Waals surface area (Å²) in [5.41, 5.74) is 0.610. The predicted molar refractivity (Wildman–Crippen MR) is 79.5 cm³/mol. The summed E-state index contributed by atoms with van der Waals surface area (Å²) in [4.78, 5) is 13.2. The minimum Gasteiger partial charge on any atom is -0.493 e. The summed E-state index contributed by atoms with van der Waals surface area (Å²) in [5, 5.41) is 9.12. The van der Waals surface area contributed by atoms with E-state index in [1.165, 1.54) is 25.2 Å². The van der Waals surface area contributed by atoms with Crippen molar-refractivity contribution in [1.29, 1.82) is 5.26 Å². The lowest BCUT2D eigenvalue weighted by Crippen LogP contribution is -2.22. The highest BCUT2D eigenvalue weighted by Crippen LogP contribution is 2.35. The molecule has 0 aromatic heterocycles. The SMILES string of the molecule is COc1cc(Br)cc(/C=C(/C#N)C(=O)N(C)C)c1OC. The van der Waals surface area contributed by atoms with E-state index in [0.717, 1.165) is 4.47 Å². The number of carbonyl (C=O) groups excluding carboxylic acids is 1. The zero-order chi connectivity index (χ0) is 15.3. The van der Waals surface area contributed by atoms with Gasteiger partial charge < -0.3 is 14.4 Å². The van der Waals surface area contributed by atoms with Crippen molar-refractivity contribution in [2.24, 2.45) is 0 Å². The van der Waals surface area contributed by atoms with Gasteiger partial charge in [0.25, 0.3) is 5.91 Å². The van der Waals surface area contributed by atoms with Crippen LogP contribution in [0.1, 0.15) is 5.56 Å². The summed E-state index contributed by atoms with van der Waals surface area (Å²) in [5.74, 6) is 0.617. The predicted octanol–water partition coefficient (Wildman–Crippen LogP) is 2.46. The number of hydrogen-bond donors (Lipinski definition) is 0. The van der Waals surface area contributed by atoms with Crippen molar-refractivity contribution in [2.75, 3.05) is 28.3 Å². The highest BCUT2D eigenvalue weighted by atomic mass is 79.9. The Morgan fingerprint density at radius 2 is 2.00 bits per heavy atom. The van der Waals surface area contributed by atoms with Crippen LogP contribution in [0.5, 0.6) is 11.5 Å². The molecule has 5 nitrogen and oxygen atoms in total. The third kappa shape index (κ3) is 3.52. The molecule has 0 N–H and O–H groups in total. The third-order valence-corrected chi connectivity index (χ3v) is 2.99. The summed E-state index contributed by atoms with van der Waals surface area (Å²) >= 11 is 3.35. The molecule has 0 unspecified atom stereocenters. The van der Waals surface area contributed by atoms with Crippen LogP contribution in [0.25, 0.3) is 6.08 Å². The maximum atomic E-state index is 11.9. The van der Waals surface area contributed by atoms with Gasteiger partial charge >= 0.3 is 0 Å². The molecule has 0 bridgehead atoms. The van der Waals surface area contributed by atoms with Crippen molar-refractivity contribution in [2.45, 2.75) is 0 Å². The van der Waals surface area contributed by atoms with Crippen LogP contribution < -0.4 is 9.47 Å². The van der Waals surface area contributed by atoms with Gasteiger partial charge in [0.15, 0.2) is 11.5 Å². The van der Waals surface area contributed by atoms with Gasteiger partial charge in [0, 0.05) is 24.1 Å². The summed E-state index contributed by atoms with van der Waals surface area (Å²) < 4.78 is 11.3. The van der Waals surface area contributed by atoms with Crippen LogP contribution in [0.3, 0.4) is 0 Å². The van der Waals surface area contributed by atoms with Crippen molar-refractivity contribution in [3.8, 4) is 17.6 Å². The number of nitrogens with zero attached hydrogens (tertiary/aromatic N) is 2. The van der Waals surface area contributed by atoms with Gasteiger partial charge in [-0.2, -0.15) is 5.26 Å². The molecule has 0 spiro atoms. The highest BCUT2D eigenvalue weighted by molar-refractivity contribution is 9.10. The third-order valence-electron chi connectivity index (χ3n) is 2.53. The van der Waals surface area contributed by atoms with Crippen molar-refractivity contribution in [1.82, 2.24) is 4.90 Å². The molecule has 0 radical (unpaired) electrons. The van der Waals surface area contributed by atoms with E-state index in [0.29, 0.717) is 17.1 Å². The number of hydrogen-bond acceptors (Lipinski definition) is 4. The fourth-order valence-corrected chi connectivity index (χ4v) is 2.06. The van der Waals surface area contributed by atoms with Gasteiger partial charge in [-0.1, -0.05) is 15.9 Å². The van der Waals surface area contributed by atoms with E-state index in [1.807, 2.05) is 6.07 Å². The molecule has 0 heterocycles. The first kappa shape index (κ1) is 16.1. The second-order valence-corrected chi connectivity index (χ2v) is 5.02. The number of benzene rings is 1. The second kappa shape index (κ2) is 6.96. The lowest BCUT2D eigenvalue weighted by Gasteiger charge is -2.13. The first-order valence-corrected chi connectivity index (χ1v) is 6.48. The van der Waals surface area contributed by atoms with Gasteiger partial charge in [0.2, 0.25) is 0 Å². The Bertz CT molecular complexity index is 589. The van der Waals surface area contributed by atoms with Gasteiger partial charge in [-0.25, -0.2) is 0 Å². The van der Waals surface area contributed by atoms with E-state index in [4.69, 9.17) is 14.7 Å². The number of methoxy groups -OCH3 is 2. The quantitative estimate of drug-likeness (QED) is 0.624. The van der Waals surface area contributed by atoms with E-state index in [9.17, 15) is 4.79 Å². The number of halogens is 1. The largest absolute Gasteiger partial charge is 0.493 e. The molecule has 0 aliphatic rings. The van der Waals surface area contributed by atoms with Crippen LogP contribution in [-0.2, 0) is 4.79 Å². The fraction of sp³-hybridized carbons (Fsp3) is 0.286. The minimum absolute atomic E-state index is 0.0217. The number of likely N-dealkylation sites (N-methyl/N-ethyl adjacent to an activating group) is 1. The lowest BCUT2D eigenvalue weighted by atomic mass is 10.1. The van der Waals surface area contributed by atoms with Crippen LogP contribution in [0.15, 0.2) is 22.2 Å². The van der Waals surface area contributed by atoms with Crippen LogP contribution >= 0.6 is 15.9 Å². The molecule has 6 heteroatoms. The first-order valence-electron chi connectivity index (χ1n) is 5.69. The molecule has 1 rings (SSSR count). The Morgan fingerprint density at radius 1 is 1.35 bits per heavy atom. The van der Waals surface area contributed by atoms with Crippen LogP contribution in [-0.4, -0.2) is 39.1 Å². The van der Waals surface area contributed by atoms with E-state index >= 15 is 0 Å². The average Bonchev–Trinajstić information content (AvgIpc) is 2.42. The lowest BCUT2D eigenvalue weighted by molar-refractivity contribution is -0.124. The van der Waals surface area contributed by atoms with Crippen LogP contribution in [0.4, 0.5) is 0 Å². The van der Waals surface area contributed by atoms with Crippen molar-refractivity contribution >= 4 is 27.9 Å². The maximum absolute atomic E-state index is 11.9. The Morgan fingerprint density at radius 3 is 2.45 bits per heavy atom. The normalized spacial score (nSPS) is 10.7. The monoisotopic (exact) mass is 338 g/mol. The number of rotatable bonds is 4. The molecular formula is C14H15BrN2O3. The Hall–Kier alpha value is -2.00. The van der Waals surface area contributed by atoms with Crippen molar-refractivity contribution in [3.63, 3.8) is 0 Å². The molecule has 0 fully saturated rings. The zero-order valence-electron chi connectivity index (χ0n) is 11.7. The number of amides is 1. The first-order chi connectivity index (χ1) is 9.44. The van der Waals surface area contributed by atoms with Gasteiger partial charge in [0.1, 0.15) is 11.6 Å². The number of nitriles is 1. The van der Waals surface area contributed by atoms with E-state index in [-0.39, 0.29) is 11.5 Å². The topological polar surface area (TPSA) is 62.6 Å². The van der Waals surface area contributed by atoms with Gasteiger partial charge in [-0.05, 0) is 18.2 Å². The fourth-order valence-electron chi connectivity index (χ4n) is 1.60. The summed E-state index contributed by atoms with van der Waals surface area (Å²) in [6, 6.07) is 5.40. The van der Waals surface area contributed by atoms with Gasteiger partial charge in [-0.3, -0.25) is 4.79 Å². The smallest absolute Gasteiger partial charge is 0.264 e. The van der Waals surface area contributed by atoms with E-state index in [1.54, 1.807) is 26.2 Å². The van der Waals surface area contributed by atoms with Crippen LogP contribution in [0.2, 0.25) is 0 Å². The average molecular weight is 339 g/mol. The molecule has 1 aromatic carbocycles. The molecule has 1 aromatic rings. The van der Waals surface area contributed by atoms with Crippen LogP contribution in [0, 0.1) is 11.3 Å². The molecule has 106 valence electrons. The summed E-state index contributed by atoms with van der Waals surface area (Å²) in [6.07, 6.45) is 1.48. The molecular weight excluding hydrogens is 324 g/mol. The molecule has 1 amide bonds. The Labute approximate surface area is 126 Å².